The third-order valence-corrected chi connectivity index (χ3v) is 3.50. The second kappa shape index (κ2) is 5.01. The Kier molecular flexibility index (Phi) is 3.63. The molecule has 1 unspecified atom stereocenters. The molecule has 0 radical (unpaired) electrons. The highest BCUT2D eigenvalue weighted by atomic mass is 16.5. The van der Waals surface area contributed by atoms with E-state index in [2.05, 4.69) is 10.6 Å². The minimum atomic E-state index is -1.21. The average molecular weight is 242 g/mol. The van der Waals surface area contributed by atoms with Crippen LogP contribution in [0.4, 0.5) is 0 Å². The molecule has 0 aromatic heterocycles. The molecule has 96 valence electrons. The number of nitrogens with one attached hydrogen (secondary N) is 2. The first-order valence-corrected chi connectivity index (χ1v) is 5.98. The molecule has 0 aliphatic carbocycles. The molecule has 2 rings (SSSR count). The summed E-state index contributed by atoms with van der Waals surface area (Å²) in [7, 11) is 0. The summed E-state index contributed by atoms with van der Waals surface area (Å²) in [5.74, 6) is -1.23. The van der Waals surface area contributed by atoms with Gasteiger partial charge in [-0.2, -0.15) is 0 Å². The van der Waals surface area contributed by atoms with Crippen LogP contribution in [0.25, 0.3) is 0 Å². The number of amides is 1. The molecule has 0 aromatic rings. The maximum atomic E-state index is 12.0. The highest BCUT2D eigenvalue weighted by Crippen LogP contribution is 2.21. The predicted octanol–water partition coefficient (Wildman–Crippen LogP) is -0.654. The molecular formula is C11H18N2O4. The Balaban J connectivity index is 1.98. The van der Waals surface area contributed by atoms with Crippen molar-refractivity contribution in [1.29, 1.82) is 0 Å². The summed E-state index contributed by atoms with van der Waals surface area (Å²) in [6, 6.07) is 0. The predicted molar refractivity (Wildman–Crippen MR) is 59.5 cm³/mol. The molecule has 0 bridgehead atoms. The quantitative estimate of drug-likeness (QED) is 0.612. The fourth-order valence-corrected chi connectivity index (χ4v) is 2.31. The maximum absolute atomic E-state index is 12.0. The fourth-order valence-electron chi connectivity index (χ4n) is 2.31. The number of carbonyl (C=O) groups is 2. The Hall–Kier alpha value is -1.14. The molecule has 3 N–H and O–H groups in total. The second-order valence-electron chi connectivity index (χ2n) is 4.70. The minimum absolute atomic E-state index is 0.0685. The maximum Gasteiger partial charge on any atom is 0.331 e. The summed E-state index contributed by atoms with van der Waals surface area (Å²) in [5.41, 5.74) is -1.21. The molecule has 1 atom stereocenters. The molecule has 0 aromatic carbocycles. The van der Waals surface area contributed by atoms with E-state index in [0.29, 0.717) is 13.0 Å². The van der Waals surface area contributed by atoms with Crippen molar-refractivity contribution in [1.82, 2.24) is 10.6 Å². The Morgan fingerprint density at radius 2 is 2.06 bits per heavy atom. The van der Waals surface area contributed by atoms with E-state index in [1.807, 2.05) is 0 Å². The zero-order chi connectivity index (χ0) is 12.3. The van der Waals surface area contributed by atoms with Crippen molar-refractivity contribution in [3.63, 3.8) is 0 Å². The fraction of sp³-hybridized carbons (Fsp3) is 0.818. The number of aliphatic carboxylic acids is 1. The summed E-state index contributed by atoms with van der Waals surface area (Å²) >= 11 is 0. The molecular weight excluding hydrogens is 224 g/mol. The van der Waals surface area contributed by atoms with Crippen LogP contribution in [0.5, 0.6) is 0 Å². The van der Waals surface area contributed by atoms with Crippen LogP contribution >= 0.6 is 0 Å². The topological polar surface area (TPSA) is 87.7 Å². The molecule has 2 fully saturated rings. The van der Waals surface area contributed by atoms with Crippen molar-refractivity contribution in [2.75, 3.05) is 26.3 Å². The van der Waals surface area contributed by atoms with Crippen LogP contribution in [0, 0.1) is 5.92 Å². The van der Waals surface area contributed by atoms with E-state index in [0.717, 1.165) is 25.9 Å². The van der Waals surface area contributed by atoms with Gasteiger partial charge in [0.25, 0.3) is 0 Å². The van der Waals surface area contributed by atoms with E-state index in [1.54, 1.807) is 0 Å². The summed E-state index contributed by atoms with van der Waals surface area (Å²) in [6.07, 6.45) is 1.88. The molecule has 2 aliphatic rings. The third kappa shape index (κ3) is 2.58. The monoisotopic (exact) mass is 242 g/mol. The van der Waals surface area contributed by atoms with Gasteiger partial charge in [0.05, 0.1) is 6.61 Å². The van der Waals surface area contributed by atoms with Crippen LogP contribution < -0.4 is 10.6 Å². The largest absolute Gasteiger partial charge is 0.479 e. The number of rotatable bonds is 3. The Bertz CT molecular complexity index is 307. The van der Waals surface area contributed by atoms with Crippen LogP contribution in [0.3, 0.4) is 0 Å². The Morgan fingerprint density at radius 1 is 1.35 bits per heavy atom. The number of hydrogen-bond donors (Lipinski definition) is 3. The van der Waals surface area contributed by atoms with E-state index in [9.17, 15) is 14.7 Å². The van der Waals surface area contributed by atoms with E-state index in [1.165, 1.54) is 0 Å². The molecule has 0 saturated carbocycles. The smallest absolute Gasteiger partial charge is 0.331 e. The van der Waals surface area contributed by atoms with Crippen molar-refractivity contribution >= 4 is 11.9 Å². The zero-order valence-corrected chi connectivity index (χ0v) is 9.70. The van der Waals surface area contributed by atoms with Crippen molar-refractivity contribution in [2.45, 2.75) is 24.8 Å². The lowest BCUT2D eigenvalue weighted by molar-refractivity contribution is -0.148. The van der Waals surface area contributed by atoms with Crippen LogP contribution in [0.2, 0.25) is 0 Å². The van der Waals surface area contributed by atoms with Gasteiger partial charge in [0.2, 0.25) is 5.91 Å². The zero-order valence-electron chi connectivity index (χ0n) is 9.70. The standard InChI is InChI=1S/C11H18N2O4/c14-9(8-1-4-12-5-2-8)13-11(10(15)16)3-6-17-7-11/h8,12H,1-7H2,(H,13,14)(H,15,16). The molecule has 1 amide bonds. The van der Waals surface area contributed by atoms with Crippen molar-refractivity contribution in [3.8, 4) is 0 Å². The van der Waals surface area contributed by atoms with Gasteiger partial charge in [0.1, 0.15) is 0 Å². The van der Waals surface area contributed by atoms with Gasteiger partial charge in [-0.3, -0.25) is 4.79 Å². The summed E-state index contributed by atoms with van der Waals surface area (Å²) in [5, 5.41) is 15.0. The third-order valence-electron chi connectivity index (χ3n) is 3.50. The number of carbonyl (C=O) groups excluding carboxylic acids is 1. The average Bonchev–Trinajstić information content (AvgIpc) is 2.80. The Labute approximate surface area is 99.7 Å². The van der Waals surface area contributed by atoms with Crippen LogP contribution in [-0.4, -0.2) is 48.8 Å². The Morgan fingerprint density at radius 3 is 2.59 bits per heavy atom. The number of hydrogen-bond acceptors (Lipinski definition) is 4. The van der Waals surface area contributed by atoms with Crippen molar-refractivity contribution in [2.24, 2.45) is 5.92 Å². The number of ether oxygens (including phenoxy) is 1. The highest BCUT2D eigenvalue weighted by molar-refractivity contribution is 5.88. The summed E-state index contributed by atoms with van der Waals surface area (Å²) < 4.78 is 5.10. The first-order chi connectivity index (χ1) is 8.14. The SMILES string of the molecule is O=C(NC1(C(=O)O)CCOC1)C1CCNCC1. The molecule has 2 aliphatic heterocycles. The van der Waals surface area contributed by atoms with E-state index >= 15 is 0 Å². The molecule has 17 heavy (non-hydrogen) atoms. The number of piperidine rings is 1. The van der Waals surface area contributed by atoms with Gasteiger partial charge in [0, 0.05) is 18.9 Å². The van der Waals surface area contributed by atoms with Crippen molar-refractivity contribution < 1.29 is 19.4 Å². The molecule has 6 heteroatoms. The summed E-state index contributed by atoms with van der Waals surface area (Å²) in [6.45, 7) is 2.08. The van der Waals surface area contributed by atoms with E-state index in [-0.39, 0.29) is 18.4 Å². The lowest BCUT2D eigenvalue weighted by Crippen LogP contribution is -2.57. The van der Waals surface area contributed by atoms with Gasteiger partial charge >= 0.3 is 5.97 Å². The second-order valence-corrected chi connectivity index (χ2v) is 4.70. The number of carboxylic acids is 1. The molecule has 2 heterocycles. The van der Waals surface area contributed by atoms with Gasteiger partial charge in [-0.15, -0.1) is 0 Å². The van der Waals surface area contributed by atoms with Gasteiger partial charge in [-0.1, -0.05) is 0 Å². The first kappa shape index (κ1) is 12.3. The molecule has 2 saturated heterocycles. The van der Waals surface area contributed by atoms with Gasteiger partial charge in [-0.05, 0) is 25.9 Å². The first-order valence-electron chi connectivity index (χ1n) is 5.98. The lowest BCUT2D eigenvalue weighted by atomic mass is 9.93. The van der Waals surface area contributed by atoms with Crippen LogP contribution in [0.15, 0.2) is 0 Å². The number of carboxylic acid groups (broad SMARTS) is 1. The summed E-state index contributed by atoms with van der Waals surface area (Å²) in [4.78, 5) is 23.2. The molecule has 6 nitrogen and oxygen atoms in total. The van der Waals surface area contributed by atoms with Gasteiger partial charge < -0.3 is 20.5 Å². The lowest BCUT2D eigenvalue weighted by Gasteiger charge is -2.28. The van der Waals surface area contributed by atoms with Crippen LogP contribution in [-0.2, 0) is 14.3 Å². The van der Waals surface area contributed by atoms with Gasteiger partial charge in [-0.25, -0.2) is 4.79 Å². The van der Waals surface area contributed by atoms with Crippen molar-refractivity contribution in [3.05, 3.63) is 0 Å². The molecule has 0 spiro atoms. The van der Waals surface area contributed by atoms with E-state index < -0.39 is 11.5 Å². The highest BCUT2D eigenvalue weighted by Gasteiger charge is 2.44. The minimum Gasteiger partial charge on any atom is -0.479 e. The van der Waals surface area contributed by atoms with Gasteiger partial charge in [0.15, 0.2) is 5.54 Å². The van der Waals surface area contributed by atoms with Crippen LogP contribution in [0.1, 0.15) is 19.3 Å². The normalized spacial score (nSPS) is 30.1. The van der Waals surface area contributed by atoms with E-state index in [4.69, 9.17) is 4.74 Å².